The molecule has 1 unspecified atom stereocenters. The van der Waals surface area contributed by atoms with Crippen LogP contribution in [0.15, 0.2) is 24.4 Å². The summed E-state index contributed by atoms with van der Waals surface area (Å²) in [7, 11) is 5.70. The summed E-state index contributed by atoms with van der Waals surface area (Å²) in [6, 6.07) is 6.03. The molecule has 1 fully saturated rings. The molecule has 148 valence electrons. The Hall–Kier alpha value is -2.31. The standard InChI is InChI=1S/C21H25ClN4O2/c1-13-23-11-18(26(13)3)14-7-8-17-16(10-14)19(22)20(21(24-17)27-4)28-15-6-5-9-25(2)12-15/h7-8,10-11,15H,5-6,9,12H2,1-4H3. The molecule has 4 rings (SSSR count). The Morgan fingerprint density at radius 1 is 1.25 bits per heavy atom. The zero-order valence-electron chi connectivity index (χ0n) is 16.7. The van der Waals surface area contributed by atoms with Crippen LogP contribution in [0.5, 0.6) is 11.6 Å². The maximum atomic E-state index is 6.80. The minimum Gasteiger partial charge on any atom is -0.482 e. The maximum Gasteiger partial charge on any atom is 0.258 e. The highest BCUT2D eigenvalue weighted by atomic mass is 35.5. The smallest absolute Gasteiger partial charge is 0.258 e. The zero-order valence-corrected chi connectivity index (χ0v) is 17.5. The van der Waals surface area contributed by atoms with Crippen molar-refractivity contribution in [3.63, 3.8) is 0 Å². The number of fused-ring (bicyclic) bond motifs is 1. The minimum absolute atomic E-state index is 0.0762. The molecule has 1 aromatic carbocycles. The largest absolute Gasteiger partial charge is 0.482 e. The number of piperidine rings is 1. The van der Waals surface area contributed by atoms with Crippen LogP contribution >= 0.6 is 11.6 Å². The predicted molar refractivity (Wildman–Crippen MR) is 111 cm³/mol. The maximum absolute atomic E-state index is 6.80. The van der Waals surface area contributed by atoms with E-state index in [2.05, 4.69) is 26.5 Å². The third-order valence-electron chi connectivity index (χ3n) is 5.42. The number of pyridine rings is 1. The van der Waals surface area contributed by atoms with Crippen LogP contribution in [0.3, 0.4) is 0 Å². The van der Waals surface area contributed by atoms with Gasteiger partial charge in [0, 0.05) is 24.5 Å². The van der Waals surface area contributed by atoms with Gasteiger partial charge < -0.3 is 18.9 Å². The Bertz CT molecular complexity index is 1020. The quantitative estimate of drug-likeness (QED) is 0.660. The molecule has 3 aromatic rings. The van der Waals surface area contributed by atoms with E-state index in [1.54, 1.807) is 7.11 Å². The van der Waals surface area contributed by atoms with E-state index in [0.29, 0.717) is 16.7 Å². The Balaban J connectivity index is 1.78. The summed E-state index contributed by atoms with van der Waals surface area (Å²) in [6.07, 6.45) is 4.05. The van der Waals surface area contributed by atoms with Crippen molar-refractivity contribution in [3.8, 4) is 22.9 Å². The van der Waals surface area contributed by atoms with Crippen molar-refractivity contribution in [3.05, 3.63) is 35.2 Å². The molecule has 1 aliphatic heterocycles. The highest BCUT2D eigenvalue weighted by Gasteiger charge is 2.24. The summed E-state index contributed by atoms with van der Waals surface area (Å²) >= 11 is 6.80. The second-order valence-electron chi connectivity index (χ2n) is 7.39. The minimum atomic E-state index is 0.0762. The first-order chi connectivity index (χ1) is 13.5. The normalized spacial score (nSPS) is 17.8. The SMILES string of the molecule is COc1nc2ccc(-c3cnc(C)n3C)cc2c(Cl)c1OC1CCCN(C)C1. The monoisotopic (exact) mass is 400 g/mol. The van der Waals surface area contributed by atoms with E-state index in [4.69, 9.17) is 21.1 Å². The lowest BCUT2D eigenvalue weighted by Crippen LogP contribution is -2.38. The third-order valence-corrected chi connectivity index (χ3v) is 5.80. The molecular weight excluding hydrogens is 376 g/mol. The molecule has 0 amide bonds. The average Bonchev–Trinajstić information content (AvgIpc) is 3.02. The molecule has 1 atom stereocenters. The second kappa shape index (κ2) is 7.60. The van der Waals surface area contributed by atoms with Crippen molar-refractivity contribution >= 4 is 22.5 Å². The summed E-state index contributed by atoms with van der Waals surface area (Å²) in [6.45, 7) is 3.94. The van der Waals surface area contributed by atoms with E-state index in [-0.39, 0.29) is 6.10 Å². The summed E-state index contributed by atoms with van der Waals surface area (Å²) < 4.78 is 13.8. The molecule has 0 bridgehead atoms. The molecule has 6 nitrogen and oxygen atoms in total. The Morgan fingerprint density at radius 2 is 2.07 bits per heavy atom. The lowest BCUT2D eigenvalue weighted by molar-refractivity contribution is 0.101. The lowest BCUT2D eigenvalue weighted by Gasteiger charge is -2.30. The second-order valence-corrected chi connectivity index (χ2v) is 7.77. The van der Waals surface area contributed by atoms with Gasteiger partial charge in [-0.1, -0.05) is 17.7 Å². The molecular formula is C21H25ClN4O2. The van der Waals surface area contributed by atoms with E-state index in [1.807, 2.05) is 38.4 Å². The summed E-state index contributed by atoms with van der Waals surface area (Å²) in [4.78, 5) is 11.3. The lowest BCUT2D eigenvalue weighted by atomic mass is 10.1. The number of hydrogen-bond acceptors (Lipinski definition) is 5. The van der Waals surface area contributed by atoms with Gasteiger partial charge in [0.2, 0.25) is 5.75 Å². The Kier molecular flexibility index (Phi) is 5.17. The zero-order chi connectivity index (χ0) is 19.8. The van der Waals surface area contributed by atoms with Gasteiger partial charge in [-0.2, -0.15) is 0 Å². The van der Waals surface area contributed by atoms with Gasteiger partial charge in [-0.3, -0.25) is 0 Å². The topological polar surface area (TPSA) is 52.4 Å². The third kappa shape index (κ3) is 3.42. The number of benzene rings is 1. The van der Waals surface area contributed by atoms with Crippen LogP contribution in [-0.4, -0.2) is 52.8 Å². The van der Waals surface area contributed by atoms with Crippen LogP contribution < -0.4 is 9.47 Å². The number of aryl methyl sites for hydroxylation is 1. The number of rotatable bonds is 4. The molecule has 3 heterocycles. The number of ether oxygens (including phenoxy) is 2. The van der Waals surface area contributed by atoms with Gasteiger partial charge in [-0.15, -0.1) is 0 Å². The van der Waals surface area contributed by atoms with Gasteiger partial charge in [-0.05, 0) is 45.5 Å². The van der Waals surface area contributed by atoms with E-state index >= 15 is 0 Å². The Morgan fingerprint density at radius 3 is 2.75 bits per heavy atom. The van der Waals surface area contributed by atoms with E-state index < -0.39 is 0 Å². The fraction of sp³-hybridized carbons (Fsp3) is 0.429. The predicted octanol–water partition coefficient (Wildman–Crippen LogP) is 4.08. The number of likely N-dealkylation sites (N-methyl/N-ethyl adjacent to an activating group) is 1. The summed E-state index contributed by atoms with van der Waals surface area (Å²) in [5.74, 6) is 1.91. The molecule has 0 spiro atoms. The highest BCUT2D eigenvalue weighted by molar-refractivity contribution is 6.37. The van der Waals surface area contributed by atoms with Crippen molar-refractivity contribution in [2.45, 2.75) is 25.9 Å². The number of imidazole rings is 1. The molecule has 0 radical (unpaired) electrons. The van der Waals surface area contributed by atoms with Crippen molar-refractivity contribution in [2.75, 3.05) is 27.2 Å². The van der Waals surface area contributed by atoms with Gasteiger partial charge in [0.15, 0.2) is 0 Å². The number of likely N-dealkylation sites (tertiary alicyclic amines) is 1. The number of aromatic nitrogens is 3. The van der Waals surface area contributed by atoms with Gasteiger partial charge in [-0.25, -0.2) is 9.97 Å². The van der Waals surface area contributed by atoms with Crippen LogP contribution in [-0.2, 0) is 7.05 Å². The molecule has 0 aliphatic carbocycles. The molecule has 0 N–H and O–H groups in total. The number of methoxy groups -OCH3 is 1. The molecule has 1 aliphatic rings. The summed E-state index contributed by atoms with van der Waals surface area (Å²) in [5.41, 5.74) is 2.84. The van der Waals surface area contributed by atoms with Gasteiger partial charge in [0.25, 0.3) is 5.88 Å². The van der Waals surface area contributed by atoms with Crippen molar-refractivity contribution in [2.24, 2.45) is 7.05 Å². The van der Waals surface area contributed by atoms with Crippen LogP contribution in [0.1, 0.15) is 18.7 Å². The number of hydrogen-bond donors (Lipinski definition) is 0. The van der Waals surface area contributed by atoms with E-state index in [9.17, 15) is 0 Å². The van der Waals surface area contributed by atoms with Gasteiger partial charge in [0.05, 0.1) is 29.5 Å². The van der Waals surface area contributed by atoms with Crippen molar-refractivity contribution in [1.29, 1.82) is 0 Å². The Labute approximate surface area is 170 Å². The molecule has 0 saturated carbocycles. The van der Waals surface area contributed by atoms with Crippen LogP contribution in [0.25, 0.3) is 22.2 Å². The van der Waals surface area contributed by atoms with E-state index in [1.165, 1.54) is 0 Å². The van der Waals surface area contributed by atoms with Crippen LogP contribution in [0.2, 0.25) is 5.02 Å². The fourth-order valence-electron chi connectivity index (χ4n) is 3.74. The number of nitrogens with zero attached hydrogens (tertiary/aromatic N) is 4. The number of halogens is 1. The van der Waals surface area contributed by atoms with Crippen LogP contribution in [0.4, 0.5) is 0 Å². The molecule has 7 heteroatoms. The van der Waals surface area contributed by atoms with Crippen LogP contribution in [0, 0.1) is 6.92 Å². The first-order valence-corrected chi connectivity index (χ1v) is 9.87. The average molecular weight is 401 g/mol. The van der Waals surface area contributed by atoms with Crippen molar-refractivity contribution < 1.29 is 9.47 Å². The molecule has 1 saturated heterocycles. The highest BCUT2D eigenvalue weighted by Crippen LogP contribution is 2.41. The van der Waals surface area contributed by atoms with Gasteiger partial charge >= 0.3 is 0 Å². The first-order valence-electron chi connectivity index (χ1n) is 9.49. The summed E-state index contributed by atoms with van der Waals surface area (Å²) in [5, 5.41) is 1.38. The molecule has 28 heavy (non-hydrogen) atoms. The fourth-order valence-corrected chi connectivity index (χ4v) is 4.01. The molecule has 2 aromatic heterocycles. The van der Waals surface area contributed by atoms with E-state index in [0.717, 1.165) is 53.9 Å². The first kappa shape index (κ1) is 19.0. The van der Waals surface area contributed by atoms with Gasteiger partial charge in [0.1, 0.15) is 11.9 Å². The van der Waals surface area contributed by atoms with Crippen molar-refractivity contribution in [1.82, 2.24) is 19.4 Å².